The van der Waals surface area contributed by atoms with E-state index in [1.165, 1.54) is 35.1 Å². The second kappa shape index (κ2) is 8.24. The fourth-order valence-electron chi connectivity index (χ4n) is 3.43. The Bertz CT molecular complexity index is 882. The van der Waals surface area contributed by atoms with Crippen molar-refractivity contribution >= 4 is 40.0 Å². The Kier molecular flexibility index (Phi) is 6.14. The molecule has 0 saturated heterocycles. The highest BCUT2D eigenvalue weighted by atomic mass is 32.2. The summed E-state index contributed by atoms with van der Waals surface area (Å²) < 4.78 is 6.76. The summed E-state index contributed by atoms with van der Waals surface area (Å²) in [5.74, 6) is 0.187. The number of ether oxygens (including phenoxy) is 1. The molecule has 3 rings (SSSR count). The number of anilines is 1. The van der Waals surface area contributed by atoms with E-state index in [9.17, 15) is 9.59 Å². The van der Waals surface area contributed by atoms with Crippen LogP contribution >= 0.6 is 23.1 Å². The lowest BCUT2D eigenvalue weighted by Crippen LogP contribution is -2.26. The zero-order valence-electron chi connectivity index (χ0n) is 16.9. The monoisotopic (exact) mass is 422 g/mol. The summed E-state index contributed by atoms with van der Waals surface area (Å²) in [5, 5.41) is 11.9. The number of fused-ring (bicyclic) bond motifs is 1. The van der Waals surface area contributed by atoms with Crippen LogP contribution in [0.2, 0.25) is 0 Å². The molecule has 1 amide bonds. The van der Waals surface area contributed by atoms with E-state index in [1.807, 2.05) is 7.05 Å². The van der Waals surface area contributed by atoms with Crippen molar-refractivity contribution in [2.75, 3.05) is 18.2 Å². The van der Waals surface area contributed by atoms with E-state index in [-0.39, 0.29) is 23.0 Å². The average Bonchev–Trinajstić information content (AvgIpc) is 3.20. The van der Waals surface area contributed by atoms with Crippen LogP contribution in [0.4, 0.5) is 5.00 Å². The third-order valence-corrected chi connectivity index (χ3v) is 7.34. The first kappa shape index (κ1) is 20.9. The van der Waals surface area contributed by atoms with Crippen LogP contribution in [-0.2, 0) is 29.4 Å². The van der Waals surface area contributed by atoms with Crippen molar-refractivity contribution in [3.8, 4) is 0 Å². The summed E-state index contributed by atoms with van der Waals surface area (Å²) in [4.78, 5) is 26.1. The zero-order valence-corrected chi connectivity index (χ0v) is 18.5. The second-order valence-electron chi connectivity index (χ2n) is 8.07. The van der Waals surface area contributed by atoms with Gasteiger partial charge in [0.05, 0.1) is 18.4 Å². The molecule has 2 heterocycles. The zero-order chi connectivity index (χ0) is 20.5. The number of carbonyl (C=O) groups excluding carboxylic acids is 2. The maximum Gasteiger partial charge on any atom is 0.341 e. The van der Waals surface area contributed by atoms with Gasteiger partial charge >= 0.3 is 5.97 Å². The van der Waals surface area contributed by atoms with Crippen LogP contribution in [0.3, 0.4) is 0 Å². The third kappa shape index (κ3) is 4.41. The van der Waals surface area contributed by atoms with Gasteiger partial charge in [0.1, 0.15) is 11.3 Å². The lowest BCUT2D eigenvalue weighted by Gasteiger charge is -2.33. The van der Waals surface area contributed by atoms with Gasteiger partial charge in [-0.3, -0.25) is 4.79 Å². The van der Waals surface area contributed by atoms with Gasteiger partial charge in [0.15, 0.2) is 5.16 Å². The largest absolute Gasteiger partial charge is 0.465 e. The van der Waals surface area contributed by atoms with Gasteiger partial charge in [0.2, 0.25) is 5.91 Å². The quantitative estimate of drug-likeness (QED) is 0.586. The fourth-order valence-corrected chi connectivity index (χ4v) is 5.45. The third-order valence-electron chi connectivity index (χ3n) is 5.13. The fraction of sp³-hybridized carbons (Fsp3) is 0.579. The number of amides is 1. The summed E-state index contributed by atoms with van der Waals surface area (Å²) in [7, 11) is 3.21. The number of methoxy groups -OCH3 is 1. The predicted octanol–water partition coefficient (Wildman–Crippen LogP) is 3.55. The SMILES string of the molecule is COC(=O)c1c(NC(=O)CSc2nncn2C)sc2c1CC[C@H](C(C)(C)C)C2. The number of hydrogen-bond acceptors (Lipinski definition) is 7. The minimum atomic E-state index is -0.386. The van der Waals surface area contributed by atoms with Crippen LogP contribution in [0.15, 0.2) is 11.5 Å². The van der Waals surface area contributed by atoms with Crippen LogP contribution < -0.4 is 5.32 Å². The Morgan fingerprint density at radius 3 is 2.79 bits per heavy atom. The Morgan fingerprint density at radius 2 is 2.18 bits per heavy atom. The number of carbonyl (C=O) groups is 2. The first-order chi connectivity index (χ1) is 13.2. The van der Waals surface area contributed by atoms with Crippen LogP contribution in [-0.4, -0.2) is 39.5 Å². The number of thiophene rings is 1. The molecule has 0 spiro atoms. The molecule has 0 unspecified atom stereocenters. The first-order valence-electron chi connectivity index (χ1n) is 9.20. The van der Waals surface area contributed by atoms with Crippen molar-refractivity contribution < 1.29 is 14.3 Å². The van der Waals surface area contributed by atoms with E-state index in [0.29, 0.717) is 21.6 Å². The number of thioether (sulfide) groups is 1. The molecule has 0 aliphatic heterocycles. The molecule has 0 radical (unpaired) electrons. The molecule has 0 fully saturated rings. The van der Waals surface area contributed by atoms with E-state index in [0.717, 1.165) is 24.8 Å². The van der Waals surface area contributed by atoms with Crippen LogP contribution in [0.5, 0.6) is 0 Å². The first-order valence-corrected chi connectivity index (χ1v) is 11.0. The lowest BCUT2D eigenvalue weighted by molar-refractivity contribution is -0.113. The van der Waals surface area contributed by atoms with E-state index < -0.39 is 0 Å². The molecular formula is C19H26N4O3S2. The standard InChI is InChI=1S/C19H26N4O3S2/c1-19(2,3)11-6-7-12-13(8-11)28-16(15(12)17(25)26-5)21-14(24)9-27-18-22-20-10-23(18)4/h10-11H,6-9H2,1-5H3,(H,21,24)/t11-/m0/s1. The molecule has 9 heteroatoms. The molecule has 7 nitrogen and oxygen atoms in total. The average molecular weight is 423 g/mol. The van der Waals surface area contributed by atoms with Gasteiger partial charge in [-0.05, 0) is 36.2 Å². The van der Waals surface area contributed by atoms with Crippen molar-refractivity contribution in [3.05, 3.63) is 22.3 Å². The maximum absolute atomic E-state index is 12.5. The minimum absolute atomic E-state index is 0.177. The van der Waals surface area contributed by atoms with E-state index >= 15 is 0 Å². The van der Waals surface area contributed by atoms with Crippen molar-refractivity contribution in [2.24, 2.45) is 18.4 Å². The van der Waals surface area contributed by atoms with Crippen LogP contribution in [0.1, 0.15) is 48.0 Å². The highest BCUT2D eigenvalue weighted by Crippen LogP contribution is 2.44. The number of rotatable bonds is 5. The molecule has 1 aliphatic carbocycles. The molecule has 0 aromatic carbocycles. The van der Waals surface area contributed by atoms with Gasteiger partial charge in [-0.1, -0.05) is 32.5 Å². The molecule has 1 N–H and O–H groups in total. The molecule has 1 aliphatic rings. The molecule has 1 atom stereocenters. The maximum atomic E-state index is 12.5. The summed E-state index contributed by atoms with van der Waals surface area (Å²) in [6.07, 6.45) is 4.39. The molecule has 152 valence electrons. The number of aryl methyl sites for hydroxylation is 1. The molecule has 0 bridgehead atoms. The summed E-state index contributed by atoms with van der Waals surface area (Å²) in [6, 6.07) is 0. The Morgan fingerprint density at radius 1 is 1.43 bits per heavy atom. The smallest absolute Gasteiger partial charge is 0.341 e. The Hall–Kier alpha value is -1.87. The molecular weight excluding hydrogens is 396 g/mol. The normalized spacial score (nSPS) is 16.5. The van der Waals surface area contributed by atoms with Crippen molar-refractivity contribution in [2.45, 2.75) is 45.2 Å². The highest BCUT2D eigenvalue weighted by Gasteiger charge is 2.34. The van der Waals surface area contributed by atoms with Crippen molar-refractivity contribution in [1.82, 2.24) is 14.8 Å². The van der Waals surface area contributed by atoms with Gasteiger partial charge in [0, 0.05) is 11.9 Å². The van der Waals surface area contributed by atoms with E-state index in [2.05, 4.69) is 36.3 Å². The van der Waals surface area contributed by atoms with Crippen molar-refractivity contribution in [3.63, 3.8) is 0 Å². The lowest BCUT2D eigenvalue weighted by atomic mass is 9.72. The van der Waals surface area contributed by atoms with E-state index in [4.69, 9.17) is 4.74 Å². The van der Waals surface area contributed by atoms with Gasteiger partial charge in [-0.25, -0.2) is 4.79 Å². The van der Waals surface area contributed by atoms with Gasteiger partial charge in [-0.15, -0.1) is 21.5 Å². The van der Waals surface area contributed by atoms with Crippen LogP contribution in [0.25, 0.3) is 0 Å². The minimum Gasteiger partial charge on any atom is -0.465 e. The molecule has 0 saturated carbocycles. The topological polar surface area (TPSA) is 86.1 Å². The van der Waals surface area contributed by atoms with Gasteiger partial charge in [0.25, 0.3) is 0 Å². The summed E-state index contributed by atoms with van der Waals surface area (Å²) >= 11 is 2.81. The number of hydrogen-bond donors (Lipinski definition) is 1. The number of esters is 1. The van der Waals surface area contributed by atoms with Gasteiger partial charge < -0.3 is 14.6 Å². The number of aromatic nitrogens is 3. The van der Waals surface area contributed by atoms with E-state index in [1.54, 1.807) is 10.9 Å². The predicted molar refractivity (Wildman–Crippen MR) is 111 cm³/mol. The highest BCUT2D eigenvalue weighted by molar-refractivity contribution is 7.99. The summed E-state index contributed by atoms with van der Waals surface area (Å²) in [5.41, 5.74) is 1.77. The molecule has 2 aromatic rings. The molecule has 2 aromatic heterocycles. The summed E-state index contributed by atoms with van der Waals surface area (Å²) in [6.45, 7) is 6.76. The number of nitrogens with one attached hydrogen (secondary N) is 1. The number of nitrogens with zero attached hydrogens (tertiary/aromatic N) is 3. The second-order valence-corrected chi connectivity index (χ2v) is 10.1. The Balaban J connectivity index is 1.78. The van der Waals surface area contributed by atoms with Crippen LogP contribution in [0, 0.1) is 11.3 Å². The molecule has 28 heavy (non-hydrogen) atoms. The van der Waals surface area contributed by atoms with Gasteiger partial charge in [-0.2, -0.15) is 0 Å². The Labute approximate surface area is 173 Å². The van der Waals surface area contributed by atoms with Crippen molar-refractivity contribution in [1.29, 1.82) is 0 Å².